The highest BCUT2D eigenvalue weighted by Gasteiger charge is 2.36. The molecule has 0 spiro atoms. The van der Waals surface area contributed by atoms with Crippen molar-refractivity contribution in [3.63, 3.8) is 0 Å². The average Bonchev–Trinajstić information content (AvgIpc) is 3.13. The first-order valence-electron chi connectivity index (χ1n) is 6.59. The summed E-state index contributed by atoms with van der Waals surface area (Å²) >= 11 is 6.27. The summed E-state index contributed by atoms with van der Waals surface area (Å²) in [7, 11) is 1.62. The molecule has 0 bridgehead atoms. The highest BCUT2D eigenvalue weighted by Crippen LogP contribution is 2.45. The maximum Gasteiger partial charge on any atom is 0.266 e. The molecule has 0 N–H and O–H groups in total. The van der Waals surface area contributed by atoms with Gasteiger partial charge < -0.3 is 0 Å². The summed E-state index contributed by atoms with van der Waals surface area (Å²) < 4.78 is 25.1. The van der Waals surface area contributed by atoms with Crippen molar-refractivity contribution in [1.82, 2.24) is 9.78 Å². The summed E-state index contributed by atoms with van der Waals surface area (Å²) in [4.78, 5) is -0.0479. The van der Waals surface area contributed by atoms with Gasteiger partial charge in [-0.2, -0.15) is 5.10 Å². The molecule has 21 heavy (non-hydrogen) atoms. The first-order valence-corrected chi connectivity index (χ1v) is 9.28. The Hall–Kier alpha value is -1.04. The van der Waals surface area contributed by atoms with Crippen molar-refractivity contribution < 1.29 is 8.42 Å². The van der Waals surface area contributed by atoms with Gasteiger partial charge in [-0.05, 0) is 38.3 Å². The fourth-order valence-corrected chi connectivity index (χ4v) is 4.30. The van der Waals surface area contributed by atoms with Gasteiger partial charge in [-0.15, -0.1) is 0 Å². The number of hydrogen-bond acceptors (Lipinski definition) is 3. The molecule has 1 heterocycles. The molecule has 1 saturated carbocycles. The molecule has 1 fully saturated rings. The van der Waals surface area contributed by atoms with Crippen LogP contribution in [0.2, 0.25) is 5.15 Å². The summed E-state index contributed by atoms with van der Waals surface area (Å²) in [5.41, 5.74) is 3.33. The summed E-state index contributed by atoms with van der Waals surface area (Å²) in [6.07, 6.45) is 1.83. The Balaban J connectivity index is 2.25. The molecule has 1 aromatic carbocycles. The zero-order chi connectivity index (χ0) is 15.4. The second-order valence-electron chi connectivity index (χ2n) is 5.42. The van der Waals surface area contributed by atoms with Crippen LogP contribution in [0.5, 0.6) is 0 Å². The summed E-state index contributed by atoms with van der Waals surface area (Å²) in [5, 5.41) is 4.47. The number of aromatic nitrogens is 2. The number of benzene rings is 1. The first-order chi connectivity index (χ1) is 9.79. The molecule has 3 rings (SSSR count). The van der Waals surface area contributed by atoms with Crippen LogP contribution in [0, 0.1) is 13.8 Å². The van der Waals surface area contributed by atoms with Gasteiger partial charge in [0.25, 0.3) is 9.05 Å². The molecule has 1 aliphatic rings. The molecule has 0 radical (unpaired) electrons. The molecule has 1 aliphatic carbocycles. The van der Waals surface area contributed by atoms with Gasteiger partial charge in [0, 0.05) is 16.6 Å². The molecule has 0 atom stereocenters. The number of halogens is 2. The fraction of sp³-hybridized carbons (Fsp3) is 0.357. The van der Waals surface area contributed by atoms with E-state index in [1.165, 1.54) is 4.68 Å². The van der Waals surface area contributed by atoms with Gasteiger partial charge in [0.1, 0.15) is 4.90 Å². The number of nitrogens with zero attached hydrogens (tertiary/aromatic N) is 2. The summed E-state index contributed by atoms with van der Waals surface area (Å²) in [5.74, 6) is 0.137. The van der Waals surface area contributed by atoms with Gasteiger partial charge in [0.05, 0.1) is 11.4 Å². The Bertz CT molecular complexity index is 824. The van der Waals surface area contributed by atoms with E-state index in [9.17, 15) is 8.42 Å². The Kier molecular flexibility index (Phi) is 3.55. The maximum absolute atomic E-state index is 11.8. The van der Waals surface area contributed by atoms with Crippen LogP contribution in [-0.4, -0.2) is 18.2 Å². The molecule has 7 heteroatoms. The molecular formula is C14H14Cl2N2O2S. The standard InChI is InChI=1S/C14H14Cl2N2O2S/c1-8-3-6-11(9(2)7-8)18-14(15)13(21(16,19)20)12(17-18)10-4-5-10/h3,6-7,10H,4-5H2,1-2H3. The smallest absolute Gasteiger partial charge is 0.220 e. The second-order valence-corrected chi connectivity index (χ2v) is 8.28. The third-order valence-electron chi connectivity index (χ3n) is 3.60. The lowest BCUT2D eigenvalue weighted by atomic mass is 10.1. The SMILES string of the molecule is Cc1ccc(-n2nc(C3CC3)c(S(=O)(=O)Cl)c2Cl)c(C)c1. The van der Waals surface area contributed by atoms with Gasteiger partial charge in [-0.3, -0.25) is 0 Å². The molecule has 112 valence electrons. The van der Waals surface area contributed by atoms with Gasteiger partial charge >= 0.3 is 0 Å². The van der Waals surface area contributed by atoms with E-state index in [4.69, 9.17) is 22.3 Å². The Morgan fingerprint density at radius 1 is 1.29 bits per heavy atom. The van der Waals surface area contributed by atoms with Gasteiger partial charge in [-0.1, -0.05) is 29.3 Å². The molecule has 0 saturated heterocycles. The Morgan fingerprint density at radius 3 is 2.48 bits per heavy atom. The quantitative estimate of drug-likeness (QED) is 0.792. The highest BCUT2D eigenvalue weighted by molar-refractivity contribution is 8.13. The normalized spacial score (nSPS) is 15.4. The molecule has 0 aliphatic heterocycles. The van der Waals surface area contributed by atoms with E-state index in [-0.39, 0.29) is 16.0 Å². The number of aryl methyl sites for hydroxylation is 2. The number of rotatable bonds is 3. The minimum absolute atomic E-state index is 0.0479. The van der Waals surface area contributed by atoms with E-state index in [2.05, 4.69) is 5.10 Å². The van der Waals surface area contributed by atoms with Crippen molar-refractivity contribution >= 4 is 31.3 Å². The third kappa shape index (κ3) is 2.70. The molecule has 1 aromatic heterocycles. The van der Waals surface area contributed by atoms with Crippen LogP contribution >= 0.6 is 22.3 Å². The van der Waals surface area contributed by atoms with Crippen LogP contribution in [0.3, 0.4) is 0 Å². The Labute approximate surface area is 133 Å². The van der Waals surface area contributed by atoms with Crippen molar-refractivity contribution in [2.75, 3.05) is 0 Å². The van der Waals surface area contributed by atoms with Crippen LogP contribution in [0.25, 0.3) is 5.69 Å². The van der Waals surface area contributed by atoms with Crippen LogP contribution in [-0.2, 0) is 9.05 Å². The zero-order valence-electron chi connectivity index (χ0n) is 11.6. The van der Waals surface area contributed by atoms with E-state index in [0.717, 1.165) is 29.7 Å². The minimum atomic E-state index is -3.92. The van der Waals surface area contributed by atoms with Crippen molar-refractivity contribution in [2.24, 2.45) is 0 Å². The predicted molar refractivity (Wildman–Crippen MR) is 83.1 cm³/mol. The van der Waals surface area contributed by atoms with Crippen molar-refractivity contribution in [3.05, 3.63) is 40.2 Å². The predicted octanol–water partition coefficient (Wildman–Crippen LogP) is 3.95. The molecule has 4 nitrogen and oxygen atoms in total. The lowest BCUT2D eigenvalue weighted by Gasteiger charge is -2.08. The van der Waals surface area contributed by atoms with E-state index < -0.39 is 9.05 Å². The monoisotopic (exact) mass is 344 g/mol. The Morgan fingerprint density at radius 2 is 1.95 bits per heavy atom. The lowest BCUT2D eigenvalue weighted by molar-refractivity contribution is 0.608. The van der Waals surface area contributed by atoms with Crippen LogP contribution < -0.4 is 0 Å². The second kappa shape index (κ2) is 5.00. The van der Waals surface area contributed by atoms with Crippen molar-refractivity contribution in [2.45, 2.75) is 37.5 Å². The fourth-order valence-electron chi connectivity index (χ4n) is 2.45. The van der Waals surface area contributed by atoms with Gasteiger partial charge in [0.15, 0.2) is 5.15 Å². The van der Waals surface area contributed by atoms with Gasteiger partial charge in [-0.25, -0.2) is 13.1 Å². The largest absolute Gasteiger partial charge is 0.266 e. The number of hydrogen-bond donors (Lipinski definition) is 0. The van der Waals surface area contributed by atoms with Crippen LogP contribution in [0.4, 0.5) is 0 Å². The van der Waals surface area contributed by atoms with Crippen LogP contribution in [0.1, 0.15) is 35.6 Å². The lowest BCUT2D eigenvalue weighted by Crippen LogP contribution is -2.00. The first kappa shape index (κ1) is 14.9. The maximum atomic E-state index is 11.8. The summed E-state index contributed by atoms with van der Waals surface area (Å²) in [6, 6.07) is 5.82. The zero-order valence-corrected chi connectivity index (χ0v) is 13.9. The minimum Gasteiger partial charge on any atom is -0.220 e. The molecular weight excluding hydrogens is 331 g/mol. The topological polar surface area (TPSA) is 52.0 Å². The molecule has 0 amide bonds. The van der Waals surface area contributed by atoms with E-state index in [0.29, 0.717) is 5.69 Å². The van der Waals surface area contributed by atoms with E-state index in [1.54, 1.807) is 0 Å². The van der Waals surface area contributed by atoms with E-state index in [1.807, 2.05) is 32.0 Å². The third-order valence-corrected chi connectivity index (χ3v) is 5.42. The van der Waals surface area contributed by atoms with Crippen molar-refractivity contribution in [1.29, 1.82) is 0 Å². The summed E-state index contributed by atoms with van der Waals surface area (Å²) in [6.45, 7) is 3.93. The average molecular weight is 345 g/mol. The van der Waals surface area contributed by atoms with Crippen LogP contribution in [0.15, 0.2) is 23.1 Å². The highest BCUT2D eigenvalue weighted by atomic mass is 35.7. The molecule has 0 unspecified atom stereocenters. The van der Waals surface area contributed by atoms with Crippen molar-refractivity contribution in [3.8, 4) is 5.69 Å². The molecule has 2 aromatic rings. The van der Waals surface area contributed by atoms with Gasteiger partial charge in [0.2, 0.25) is 0 Å². The van der Waals surface area contributed by atoms with E-state index >= 15 is 0 Å².